The molecular formula is C13H13N3O7. The fraction of sp³-hybridized carbons (Fsp3) is 0.538. The number of hydroxylamine groups is 2. The number of rotatable bonds is 2. The summed E-state index contributed by atoms with van der Waals surface area (Å²) in [5, 5.41) is 34.1. The van der Waals surface area contributed by atoms with E-state index in [0.29, 0.717) is 16.4 Å². The highest BCUT2D eigenvalue weighted by molar-refractivity contribution is 5.45. The van der Waals surface area contributed by atoms with Crippen LogP contribution in [0.15, 0.2) is 12.1 Å². The maximum absolute atomic E-state index is 11.7. The van der Waals surface area contributed by atoms with Gasteiger partial charge in [0.2, 0.25) is 0 Å². The van der Waals surface area contributed by atoms with Crippen molar-refractivity contribution >= 4 is 0 Å². The van der Waals surface area contributed by atoms with Gasteiger partial charge in [0.25, 0.3) is 0 Å². The van der Waals surface area contributed by atoms with Crippen molar-refractivity contribution in [1.82, 2.24) is 5.23 Å². The molecule has 1 aromatic carbocycles. The molecule has 1 N–H and O–H groups in total. The Balaban J connectivity index is 2.06. The number of hydrogen-bond acceptors (Lipinski definition) is 8. The summed E-state index contributed by atoms with van der Waals surface area (Å²) in [6.07, 6.45) is -3.12. The van der Waals surface area contributed by atoms with E-state index >= 15 is 0 Å². The van der Waals surface area contributed by atoms with Crippen molar-refractivity contribution in [3.8, 4) is 0 Å². The number of nitro groups is 2. The Morgan fingerprint density at radius 3 is 2.26 bits per heavy atom. The Kier molecular flexibility index (Phi) is 2.66. The van der Waals surface area contributed by atoms with Crippen LogP contribution in [0.1, 0.15) is 34.3 Å². The van der Waals surface area contributed by atoms with Crippen molar-refractivity contribution in [2.45, 2.75) is 43.9 Å². The minimum absolute atomic E-state index is 0.352. The van der Waals surface area contributed by atoms with Gasteiger partial charge in [-0.3, -0.25) is 29.9 Å². The van der Waals surface area contributed by atoms with E-state index in [2.05, 4.69) is 0 Å². The molecule has 1 aliphatic carbocycles. The van der Waals surface area contributed by atoms with Crippen LogP contribution in [0.25, 0.3) is 0 Å². The number of nitrogens with zero attached hydrogens (tertiary/aromatic N) is 3. The summed E-state index contributed by atoms with van der Waals surface area (Å²) in [5.41, 5.74) is 2.70. The number of aliphatic hydroxyl groups is 1. The van der Waals surface area contributed by atoms with Gasteiger partial charge in [0.05, 0.1) is 5.23 Å². The second-order valence-electron chi connectivity index (χ2n) is 6.09. The van der Waals surface area contributed by atoms with Crippen molar-refractivity contribution in [2.75, 3.05) is 0 Å². The van der Waals surface area contributed by atoms with Gasteiger partial charge in [0, 0.05) is 0 Å². The number of hydrogen-bond donors (Lipinski definition) is 1. The van der Waals surface area contributed by atoms with Crippen LogP contribution in [0, 0.1) is 34.1 Å². The minimum Gasteiger partial charge on any atom is -0.389 e. The fourth-order valence-electron chi connectivity index (χ4n) is 3.71. The lowest BCUT2D eigenvalue weighted by Crippen LogP contribution is -2.68. The highest BCUT2D eigenvalue weighted by Gasteiger charge is 2.82. The molecule has 0 aromatic heterocycles. The van der Waals surface area contributed by atoms with Crippen LogP contribution < -0.4 is 0 Å². The minimum atomic E-state index is -2.92. The Hall–Kier alpha value is -2.14. The molecule has 4 rings (SSSR count). The van der Waals surface area contributed by atoms with Crippen LogP contribution in [-0.4, -0.2) is 38.2 Å². The van der Waals surface area contributed by atoms with Gasteiger partial charge in [-0.05, 0) is 36.1 Å². The quantitative estimate of drug-likeness (QED) is 0.475. The van der Waals surface area contributed by atoms with Gasteiger partial charge < -0.3 is 5.11 Å². The van der Waals surface area contributed by atoms with E-state index in [-0.39, 0.29) is 0 Å². The van der Waals surface area contributed by atoms with E-state index in [9.17, 15) is 25.3 Å². The molecule has 2 aliphatic heterocycles. The lowest BCUT2D eigenvalue weighted by Gasteiger charge is -2.39. The number of aryl methyl sites for hydroxylation is 2. The molecule has 2 saturated heterocycles. The predicted molar refractivity (Wildman–Crippen MR) is 71.9 cm³/mol. The Bertz CT molecular complexity index is 737. The fourth-order valence-corrected chi connectivity index (χ4v) is 3.71. The number of aliphatic hydroxyl groups excluding tert-OH is 1. The van der Waals surface area contributed by atoms with E-state index in [1.807, 2.05) is 6.92 Å². The highest BCUT2D eigenvalue weighted by atomic mass is 17.0. The first-order valence-electron chi connectivity index (χ1n) is 7.02. The first kappa shape index (κ1) is 14.5. The summed E-state index contributed by atoms with van der Waals surface area (Å²) in [5.74, 6) is -4.31. The van der Waals surface area contributed by atoms with Crippen molar-refractivity contribution in [3.05, 3.63) is 54.6 Å². The van der Waals surface area contributed by atoms with Gasteiger partial charge in [0.1, 0.15) is 28.2 Å². The highest BCUT2D eigenvalue weighted by Crippen LogP contribution is 2.57. The van der Waals surface area contributed by atoms with Crippen molar-refractivity contribution in [3.63, 3.8) is 0 Å². The maximum atomic E-state index is 11.7. The molecule has 2 heterocycles. The van der Waals surface area contributed by atoms with E-state index in [4.69, 9.17) is 9.68 Å². The van der Waals surface area contributed by atoms with E-state index < -0.39 is 39.9 Å². The molecule has 0 spiro atoms. The van der Waals surface area contributed by atoms with Crippen molar-refractivity contribution in [2.24, 2.45) is 0 Å². The Morgan fingerprint density at radius 2 is 1.70 bits per heavy atom. The van der Waals surface area contributed by atoms with Crippen LogP contribution in [0.3, 0.4) is 0 Å². The third-order valence-corrected chi connectivity index (χ3v) is 4.97. The van der Waals surface area contributed by atoms with Gasteiger partial charge in [0.15, 0.2) is 5.92 Å². The van der Waals surface area contributed by atoms with E-state index in [0.717, 1.165) is 11.1 Å². The smallest absolute Gasteiger partial charge is 0.389 e. The van der Waals surface area contributed by atoms with Gasteiger partial charge in [-0.15, -0.1) is 0 Å². The van der Waals surface area contributed by atoms with Gasteiger partial charge >= 0.3 is 5.79 Å². The van der Waals surface area contributed by atoms with Crippen LogP contribution >= 0.6 is 0 Å². The molecular weight excluding hydrogens is 310 g/mol. The summed E-state index contributed by atoms with van der Waals surface area (Å²) in [4.78, 5) is 31.7. The Labute approximate surface area is 129 Å². The molecule has 10 nitrogen and oxygen atoms in total. The van der Waals surface area contributed by atoms with Crippen molar-refractivity contribution in [1.29, 1.82) is 0 Å². The summed E-state index contributed by atoms with van der Waals surface area (Å²) in [6.45, 7) is 3.67. The topological polar surface area (TPSA) is 128 Å². The van der Waals surface area contributed by atoms with Crippen molar-refractivity contribution < 1.29 is 24.6 Å². The van der Waals surface area contributed by atoms with Crippen LogP contribution in [0.2, 0.25) is 0 Å². The monoisotopic (exact) mass is 323 g/mol. The molecule has 0 saturated carbocycles. The number of benzene rings is 1. The summed E-state index contributed by atoms with van der Waals surface area (Å²) >= 11 is 0. The second kappa shape index (κ2) is 4.23. The zero-order chi connectivity index (χ0) is 16.7. The summed E-state index contributed by atoms with van der Waals surface area (Å²) in [6, 6.07) is 3.44. The zero-order valence-corrected chi connectivity index (χ0v) is 12.2. The van der Waals surface area contributed by atoms with Crippen LogP contribution in [-0.2, 0) is 9.68 Å². The third kappa shape index (κ3) is 1.46. The summed E-state index contributed by atoms with van der Waals surface area (Å²) < 4.78 is 0. The lowest BCUT2D eigenvalue weighted by atomic mass is 9.73. The molecule has 23 heavy (non-hydrogen) atoms. The molecule has 3 bridgehead atoms. The molecule has 1 aromatic rings. The van der Waals surface area contributed by atoms with Gasteiger partial charge in [-0.2, -0.15) is 0 Å². The first-order valence-corrected chi connectivity index (χ1v) is 7.02. The molecule has 5 atom stereocenters. The summed E-state index contributed by atoms with van der Waals surface area (Å²) in [7, 11) is 0. The number of fused-ring (bicyclic) bond motifs is 5. The SMILES string of the molecule is Cc1cc2c(cc1C)[C@H]1[C@@H](O)[C@@H]3ON(O[C@H]23)C1([N+](=O)[O-])[N+](=O)[O-]. The van der Waals surface area contributed by atoms with Crippen LogP contribution in [0.4, 0.5) is 0 Å². The molecule has 122 valence electrons. The molecule has 0 radical (unpaired) electrons. The molecule has 2 fully saturated rings. The third-order valence-electron chi connectivity index (χ3n) is 4.97. The predicted octanol–water partition coefficient (Wildman–Crippen LogP) is 0.571. The van der Waals surface area contributed by atoms with E-state index in [1.54, 1.807) is 19.1 Å². The normalized spacial score (nSPS) is 35.9. The zero-order valence-electron chi connectivity index (χ0n) is 12.2. The molecule has 10 heteroatoms. The molecule has 3 aliphatic rings. The molecule has 1 unspecified atom stereocenters. The van der Waals surface area contributed by atoms with Gasteiger partial charge in [-0.1, -0.05) is 12.1 Å². The molecule has 0 amide bonds. The maximum Gasteiger partial charge on any atom is 0.575 e. The largest absolute Gasteiger partial charge is 0.575 e. The van der Waals surface area contributed by atoms with Gasteiger partial charge in [-0.25, -0.2) is 0 Å². The lowest BCUT2D eigenvalue weighted by molar-refractivity contribution is -0.868. The second-order valence-corrected chi connectivity index (χ2v) is 6.09. The Morgan fingerprint density at radius 1 is 1.13 bits per heavy atom. The first-order chi connectivity index (χ1) is 10.8. The average molecular weight is 323 g/mol. The van der Waals surface area contributed by atoms with Crippen LogP contribution in [0.5, 0.6) is 0 Å². The standard InChI is InChI=1S/C13H13N3O7/c1-5-3-7-8(4-6(5)2)11-12-10(17)9(7)13(14(18)19,15(20)21)16(22-11)23-12/h3-4,9-12,17H,1-2H3/t9-,10+,11+,12-/m0/s1. The average Bonchev–Trinajstić information content (AvgIpc) is 2.81. The van der Waals surface area contributed by atoms with E-state index in [1.165, 1.54) is 0 Å².